The summed E-state index contributed by atoms with van der Waals surface area (Å²) < 4.78 is 0. The normalized spacial score (nSPS) is 16.2. The maximum Gasteiger partial charge on any atom is 0.247 e. The zero-order chi connectivity index (χ0) is 17.6. The van der Waals surface area contributed by atoms with Crippen molar-refractivity contribution >= 4 is 5.91 Å². The van der Waals surface area contributed by atoms with Crippen LogP contribution in [0.5, 0.6) is 0 Å². The third-order valence-corrected chi connectivity index (χ3v) is 4.72. The molecule has 3 rings (SSSR count). The fourth-order valence-corrected chi connectivity index (χ4v) is 3.24. The molecule has 0 spiro atoms. The van der Waals surface area contributed by atoms with Gasteiger partial charge in [-0.3, -0.25) is 9.69 Å². The van der Waals surface area contributed by atoms with E-state index in [-0.39, 0.29) is 11.9 Å². The second-order valence-electron chi connectivity index (χ2n) is 6.81. The van der Waals surface area contributed by atoms with Crippen LogP contribution >= 0.6 is 0 Å². The van der Waals surface area contributed by atoms with E-state index in [0.29, 0.717) is 0 Å². The summed E-state index contributed by atoms with van der Waals surface area (Å²) in [7, 11) is 0. The lowest BCUT2D eigenvalue weighted by atomic mass is 10.0. The summed E-state index contributed by atoms with van der Waals surface area (Å²) in [5.74, 6) is 0.0616. The highest BCUT2D eigenvalue weighted by atomic mass is 16.1. The Morgan fingerprint density at radius 3 is 2.64 bits per heavy atom. The number of hydrogen-bond donors (Lipinski definition) is 1. The molecular weight excluding hydrogens is 308 g/mol. The number of amides is 1. The lowest BCUT2D eigenvalue weighted by molar-refractivity contribution is -0.118. The van der Waals surface area contributed by atoms with Crippen molar-refractivity contribution < 1.29 is 4.79 Å². The number of nitrogens with zero attached hydrogens (tertiary/aromatic N) is 1. The van der Waals surface area contributed by atoms with Crippen LogP contribution in [0.4, 0.5) is 0 Å². The molecule has 0 bridgehead atoms. The van der Waals surface area contributed by atoms with Gasteiger partial charge in [-0.25, -0.2) is 0 Å². The first kappa shape index (κ1) is 17.4. The minimum absolute atomic E-state index is 0.0277. The largest absolute Gasteiger partial charge is 0.346 e. The number of hydrogen-bond acceptors (Lipinski definition) is 2. The van der Waals surface area contributed by atoms with Crippen molar-refractivity contribution in [3.8, 4) is 0 Å². The molecule has 2 aromatic rings. The van der Waals surface area contributed by atoms with E-state index in [1.165, 1.54) is 11.1 Å². The highest BCUT2D eigenvalue weighted by molar-refractivity contribution is 5.93. The highest BCUT2D eigenvalue weighted by Gasteiger charge is 2.18. The number of carbonyl (C=O) groups excluding carboxylic acids is 1. The molecule has 0 unspecified atom stereocenters. The van der Waals surface area contributed by atoms with Crippen LogP contribution in [0.3, 0.4) is 0 Å². The number of carbonyl (C=O) groups is 1. The average molecular weight is 334 g/mol. The molecule has 25 heavy (non-hydrogen) atoms. The van der Waals surface area contributed by atoms with E-state index in [2.05, 4.69) is 47.5 Å². The Hall–Kier alpha value is -2.39. The lowest BCUT2D eigenvalue weighted by Gasteiger charge is -2.26. The van der Waals surface area contributed by atoms with Crippen LogP contribution in [0, 0.1) is 6.92 Å². The van der Waals surface area contributed by atoms with E-state index >= 15 is 0 Å². The molecule has 0 fully saturated rings. The molecular formula is C22H26N2O. The van der Waals surface area contributed by atoms with Crippen molar-refractivity contribution in [1.29, 1.82) is 0 Å². The predicted octanol–water partition coefficient (Wildman–Crippen LogP) is 4.00. The highest BCUT2D eigenvalue weighted by Crippen LogP contribution is 2.17. The number of benzene rings is 2. The van der Waals surface area contributed by atoms with E-state index in [0.717, 1.165) is 37.2 Å². The van der Waals surface area contributed by atoms with Crippen LogP contribution in [-0.4, -0.2) is 23.9 Å². The van der Waals surface area contributed by atoms with Crippen molar-refractivity contribution in [3.05, 3.63) is 82.9 Å². The van der Waals surface area contributed by atoms with E-state index in [1.54, 1.807) is 0 Å². The second kappa shape index (κ2) is 8.13. The molecule has 0 saturated carbocycles. The quantitative estimate of drug-likeness (QED) is 0.896. The van der Waals surface area contributed by atoms with Crippen LogP contribution < -0.4 is 5.32 Å². The van der Waals surface area contributed by atoms with Gasteiger partial charge in [0, 0.05) is 25.2 Å². The summed E-state index contributed by atoms with van der Waals surface area (Å²) in [6.45, 7) is 6.84. The molecule has 3 heteroatoms. The number of rotatable bonds is 5. The zero-order valence-electron chi connectivity index (χ0n) is 15.0. The lowest BCUT2D eigenvalue weighted by Crippen LogP contribution is -2.34. The van der Waals surface area contributed by atoms with Gasteiger partial charge in [-0.05, 0) is 31.4 Å². The molecule has 1 heterocycles. The average Bonchev–Trinajstić information content (AvgIpc) is 2.63. The molecule has 1 amide bonds. The van der Waals surface area contributed by atoms with Crippen LogP contribution in [0.25, 0.3) is 0 Å². The minimum atomic E-state index is 0.0277. The van der Waals surface area contributed by atoms with Gasteiger partial charge in [-0.1, -0.05) is 66.2 Å². The Morgan fingerprint density at radius 1 is 1.16 bits per heavy atom. The van der Waals surface area contributed by atoms with Gasteiger partial charge in [0.05, 0.1) is 6.04 Å². The maximum absolute atomic E-state index is 12.5. The monoisotopic (exact) mass is 334 g/mol. The first-order valence-electron chi connectivity index (χ1n) is 8.94. The van der Waals surface area contributed by atoms with Gasteiger partial charge in [0.25, 0.3) is 0 Å². The van der Waals surface area contributed by atoms with Crippen LogP contribution in [0.1, 0.15) is 36.1 Å². The molecule has 1 aliphatic rings. The molecule has 0 radical (unpaired) electrons. The first-order chi connectivity index (χ1) is 12.1. The molecule has 1 aliphatic heterocycles. The van der Waals surface area contributed by atoms with Crippen molar-refractivity contribution in [2.75, 3.05) is 13.1 Å². The Kier molecular flexibility index (Phi) is 5.67. The summed E-state index contributed by atoms with van der Waals surface area (Å²) in [4.78, 5) is 14.9. The molecule has 2 aromatic carbocycles. The van der Waals surface area contributed by atoms with Crippen LogP contribution in [-0.2, 0) is 11.3 Å². The summed E-state index contributed by atoms with van der Waals surface area (Å²) in [6.07, 6.45) is 2.88. The van der Waals surface area contributed by atoms with Crippen molar-refractivity contribution in [2.45, 2.75) is 32.9 Å². The molecule has 0 saturated heterocycles. The molecule has 0 aromatic heterocycles. The molecule has 3 nitrogen and oxygen atoms in total. The van der Waals surface area contributed by atoms with Crippen LogP contribution in [0.2, 0.25) is 0 Å². The van der Waals surface area contributed by atoms with E-state index < -0.39 is 0 Å². The van der Waals surface area contributed by atoms with Gasteiger partial charge < -0.3 is 5.32 Å². The second-order valence-corrected chi connectivity index (χ2v) is 6.81. The van der Waals surface area contributed by atoms with Gasteiger partial charge in [0.1, 0.15) is 0 Å². The van der Waals surface area contributed by atoms with Crippen molar-refractivity contribution in [2.24, 2.45) is 0 Å². The van der Waals surface area contributed by atoms with Gasteiger partial charge in [0.15, 0.2) is 0 Å². The minimum Gasteiger partial charge on any atom is -0.346 e. The van der Waals surface area contributed by atoms with Crippen molar-refractivity contribution in [1.82, 2.24) is 10.2 Å². The summed E-state index contributed by atoms with van der Waals surface area (Å²) in [6, 6.07) is 18.7. The van der Waals surface area contributed by atoms with Crippen molar-refractivity contribution in [3.63, 3.8) is 0 Å². The first-order valence-corrected chi connectivity index (χ1v) is 8.94. The van der Waals surface area contributed by atoms with E-state index in [1.807, 2.05) is 37.3 Å². The van der Waals surface area contributed by atoms with E-state index in [9.17, 15) is 4.79 Å². The van der Waals surface area contributed by atoms with Gasteiger partial charge in [0.2, 0.25) is 5.91 Å². The smallest absolute Gasteiger partial charge is 0.247 e. The molecule has 130 valence electrons. The molecule has 1 N–H and O–H groups in total. The van der Waals surface area contributed by atoms with Gasteiger partial charge in [-0.2, -0.15) is 0 Å². The SMILES string of the molecule is Cc1cccc(CN2CC=C(C(=O)N[C@@H](C)c3ccccc3)CC2)c1. The third-order valence-electron chi connectivity index (χ3n) is 4.72. The Bertz CT molecular complexity index is 752. The summed E-state index contributed by atoms with van der Waals surface area (Å²) >= 11 is 0. The van der Waals surface area contributed by atoms with Gasteiger partial charge >= 0.3 is 0 Å². The van der Waals surface area contributed by atoms with Gasteiger partial charge in [-0.15, -0.1) is 0 Å². The fraction of sp³-hybridized carbons (Fsp3) is 0.318. The Morgan fingerprint density at radius 2 is 1.96 bits per heavy atom. The Labute approximate surface area is 150 Å². The summed E-state index contributed by atoms with van der Waals surface area (Å²) in [5, 5.41) is 3.11. The Balaban J connectivity index is 1.54. The molecule has 1 atom stereocenters. The third kappa shape index (κ3) is 4.80. The fourth-order valence-electron chi connectivity index (χ4n) is 3.24. The topological polar surface area (TPSA) is 32.3 Å². The van der Waals surface area contributed by atoms with Crippen LogP contribution in [0.15, 0.2) is 66.2 Å². The zero-order valence-corrected chi connectivity index (χ0v) is 15.0. The molecule has 0 aliphatic carbocycles. The maximum atomic E-state index is 12.5. The summed E-state index contributed by atoms with van der Waals surface area (Å²) in [5.41, 5.74) is 4.66. The standard InChI is InChI=1S/C22H26N2O/c1-17-7-6-8-19(15-17)16-24-13-11-21(12-14-24)22(25)23-18(2)20-9-4-3-5-10-20/h3-11,15,18H,12-14,16H2,1-2H3,(H,23,25)/t18-/m0/s1. The van der Waals surface area contributed by atoms with E-state index in [4.69, 9.17) is 0 Å². The number of nitrogens with one attached hydrogen (secondary N) is 1. The number of aryl methyl sites for hydroxylation is 1. The predicted molar refractivity (Wildman–Crippen MR) is 102 cm³/mol.